The molecule has 0 aliphatic heterocycles. The third kappa shape index (κ3) is 4.81. The standard InChI is InChI=1S/C19H25F3O2/c1-13-16(12-15-4-2-3-5-15)8-9-17(18(13)24-19(20,21)22)23-11-10-14-6-7-14/h8-9,14-15H,2-7,10-12H2,1H3. The Kier molecular flexibility index (Phi) is 5.26. The van der Waals surface area contributed by atoms with Gasteiger partial charge in [0.2, 0.25) is 0 Å². The molecule has 0 unspecified atom stereocenters. The molecule has 1 aromatic carbocycles. The molecule has 0 N–H and O–H groups in total. The number of hydrogen-bond acceptors (Lipinski definition) is 2. The summed E-state index contributed by atoms with van der Waals surface area (Å²) >= 11 is 0. The van der Waals surface area contributed by atoms with Crippen LogP contribution in [0, 0.1) is 18.8 Å². The van der Waals surface area contributed by atoms with Crippen LogP contribution in [0.4, 0.5) is 13.2 Å². The highest BCUT2D eigenvalue weighted by atomic mass is 19.4. The molecule has 3 rings (SSSR count). The van der Waals surface area contributed by atoms with Gasteiger partial charge in [0.05, 0.1) is 6.61 Å². The number of hydrogen-bond donors (Lipinski definition) is 0. The van der Waals surface area contributed by atoms with Crippen LogP contribution in [-0.2, 0) is 6.42 Å². The highest BCUT2D eigenvalue weighted by molar-refractivity contribution is 5.50. The van der Waals surface area contributed by atoms with Crippen LogP contribution in [0.1, 0.15) is 56.1 Å². The van der Waals surface area contributed by atoms with E-state index in [1.807, 2.05) is 6.07 Å². The average molecular weight is 342 g/mol. The molecule has 0 atom stereocenters. The lowest BCUT2D eigenvalue weighted by atomic mass is 9.94. The molecular formula is C19H25F3O2. The van der Waals surface area contributed by atoms with E-state index in [0.717, 1.165) is 31.2 Å². The first-order valence-electron chi connectivity index (χ1n) is 8.93. The van der Waals surface area contributed by atoms with Crippen LogP contribution < -0.4 is 9.47 Å². The van der Waals surface area contributed by atoms with Crippen LogP contribution in [0.2, 0.25) is 0 Å². The molecule has 0 heterocycles. The van der Waals surface area contributed by atoms with Crippen LogP contribution in [-0.4, -0.2) is 13.0 Å². The van der Waals surface area contributed by atoms with Crippen molar-refractivity contribution in [3.8, 4) is 11.5 Å². The van der Waals surface area contributed by atoms with Gasteiger partial charge in [-0.05, 0) is 48.8 Å². The van der Waals surface area contributed by atoms with Gasteiger partial charge in [0, 0.05) is 0 Å². The summed E-state index contributed by atoms with van der Waals surface area (Å²) in [6.45, 7) is 2.15. The topological polar surface area (TPSA) is 18.5 Å². The van der Waals surface area contributed by atoms with Gasteiger partial charge in [-0.15, -0.1) is 13.2 Å². The van der Waals surface area contributed by atoms with E-state index in [1.54, 1.807) is 13.0 Å². The second kappa shape index (κ2) is 7.24. The van der Waals surface area contributed by atoms with E-state index in [4.69, 9.17) is 4.74 Å². The summed E-state index contributed by atoms with van der Waals surface area (Å²) in [5.74, 6) is 1.30. The minimum atomic E-state index is -4.70. The second-order valence-electron chi connectivity index (χ2n) is 7.16. The normalized spacial score (nSPS) is 18.8. The zero-order chi connectivity index (χ0) is 17.2. The van der Waals surface area contributed by atoms with Gasteiger partial charge in [-0.1, -0.05) is 44.6 Å². The largest absolute Gasteiger partial charge is 0.573 e. The predicted octanol–water partition coefficient (Wildman–Crippen LogP) is 5.81. The lowest BCUT2D eigenvalue weighted by molar-refractivity contribution is -0.275. The molecule has 5 heteroatoms. The summed E-state index contributed by atoms with van der Waals surface area (Å²) < 4.78 is 48.4. The SMILES string of the molecule is Cc1c(CC2CCCC2)ccc(OCCC2CC2)c1OC(F)(F)F. The molecule has 2 aliphatic rings. The van der Waals surface area contributed by atoms with E-state index in [1.165, 1.54) is 25.7 Å². The highest BCUT2D eigenvalue weighted by Crippen LogP contribution is 2.40. The average Bonchev–Trinajstić information content (AvgIpc) is 3.18. The van der Waals surface area contributed by atoms with Crippen molar-refractivity contribution in [1.29, 1.82) is 0 Å². The summed E-state index contributed by atoms with van der Waals surface area (Å²) in [5.41, 5.74) is 1.50. The van der Waals surface area contributed by atoms with Gasteiger partial charge in [-0.25, -0.2) is 0 Å². The molecule has 0 saturated heterocycles. The quantitative estimate of drug-likeness (QED) is 0.623. The smallest absolute Gasteiger partial charge is 0.490 e. The van der Waals surface area contributed by atoms with Crippen LogP contribution in [0.25, 0.3) is 0 Å². The zero-order valence-electron chi connectivity index (χ0n) is 14.1. The minimum Gasteiger partial charge on any atom is -0.490 e. The number of ether oxygens (including phenoxy) is 2. The maximum atomic E-state index is 12.8. The Morgan fingerprint density at radius 2 is 1.75 bits per heavy atom. The summed E-state index contributed by atoms with van der Waals surface area (Å²) in [4.78, 5) is 0. The molecule has 0 radical (unpaired) electrons. The summed E-state index contributed by atoms with van der Waals surface area (Å²) in [6, 6.07) is 3.55. The predicted molar refractivity (Wildman–Crippen MR) is 86.4 cm³/mol. The van der Waals surface area contributed by atoms with Crippen molar-refractivity contribution in [2.45, 2.75) is 64.7 Å². The van der Waals surface area contributed by atoms with Crippen LogP contribution in [0.5, 0.6) is 11.5 Å². The van der Waals surface area contributed by atoms with Crippen LogP contribution in [0.15, 0.2) is 12.1 Å². The Labute approximate surface area is 141 Å². The summed E-state index contributed by atoms with van der Waals surface area (Å²) in [5, 5.41) is 0. The minimum absolute atomic E-state index is 0.159. The van der Waals surface area contributed by atoms with Crippen LogP contribution >= 0.6 is 0 Å². The van der Waals surface area contributed by atoms with E-state index in [0.29, 0.717) is 24.0 Å². The fourth-order valence-corrected chi connectivity index (χ4v) is 3.55. The van der Waals surface area contributed by atoms with Gasteiger partial charge in [0.15, 0.2) is 11.5 Å². The summed E-state index contributed by atoms with van der Waals surface area (Å²) in [7, 11) is 0. The van der Waals surface area contributed by atoms with Crippen molar-refractivity contribution in [3.63, 3.8) is 0 Å². The molecule has 134 valence electrons. The van der Waals surface area contributed by atoms with Gasteiger partial charge in [-0.3, -0.25) is 0 Å². The van der Waals surface area contributed by atoms with Crippen molar-refractivity contribution in [1.82, 2.24) is 0 Å². The van der Waals surface area contributed by atoms with E-state index >= 15 is 0 Å². The number of rotatable bonds is 7. The van der Waals surface area contributed by atoms with Crippen LogP contribution in [0.3, 0.4) is 0 Å². The first-order valence-corrected chi connectivity index (χ1v) is 8.93. The molecule has 0 bridgehead atoms. The molecular weight excluding hydrogens is 317 g/mol. The van der Waals surface area contributed by atoms with Gasteiger partial charge >= 0.3 is 6.36 Å². The third-order valence-electron chi connectivity index (χ3n) is 5.16. The lowest BCUT2D eigenvalue weighted by Gasteiger charge is -2.20. The summed E-state index contributed by atoms with van der Waals surface area (Å²) in [6.07, 6.45) is 4.18. The molecule has 0 spiro atoms. The van der Waals surface area contributed by atoms with Crippen molar-refractivity contribution in [2.75, 3.05) is 6.61 Å². The zero-order valence-corrected chi connectivity index (χ0v) is 14.1. The number of benzene rings is 1. The van der Waals surface area contributed by atoms with Gasteiger partial charge in [-0.2, -0.15) is 0 Å². The molecule has 2 nitrogen and oxygen atoms in total. The lowest BCUT2D eigenvalue weighted by Crippen LogP contribution is -2.19. The molecule has 0 aromatic heterocycles. The Morgan fingerprint density at radius 1 is 1.04 bits per heavy atom. The monoisotopic (exact) mass is 342 g/mol. The molecule has 24 heavy (non-hydrogen) atoms. The third-order valence-corrected chi connectivity index (χ3v) is 5.16. The molecule has 1 aromatic rings. The molecule has 2 fully saturated rings. The fraction of sp³-hybridized carbons (Fsp3) is 0.684. The van der Waals surface area contributed by atoms with Crippen molar-refractivity contribution in [2.24, 2.45) is 11.8 Å². The Balaban J connectivity index is 1.76. The van der Waals surface area contributed by atoms with Crippen molar-refractivity contribution < 1.29 is 22.6 Å². The molecule has 2 saturated carbocycles. The Hall–Kier alpha value is -1.39. The van der Waals surface area contributed by atoms with E-state index < -0.39 is 6.36 Å². The van der Waals surface area contributed by atoms with E-state index in [2.05, 4.69) is 4.74 Å². The maximum Gasteiger partial charge on any atom is 0.573 e. The maximum absolute atomic E-state index is 12.8. The van der Waals surface area contributed by atoms with Crippen molar-refractivity contribution in [3.05, 3.63) is 23.3 Å². The fourth-order valence-electron chi connectivity index (χ4n) is 3.55. The van der Waals surface area contributed by atoms with Gasteiger partial charge < -0.3 is 9.47 Å². The Bertz CT molecular complexity index is 558. The van der Waals surface area contributed by atoms with E-state index in [9.17, 15) is 13.2 Å². The van der Waals surface area contributed by atoms with Gasteiger partial charge in [0.25, 0.3) is 0 Å². The highest BCUT2D eigenvalue weighted by Gasteiger charge is 2.34. The molecule has 0 amide bonds. The van der Waals surface area contributed by atoms with Crippen molar-refractivity contribution >= 4 is 0 Å². The second-order valence-corrected chi connectivity index (χ2v) is 7.16. The number of halogens is 3. The molecule has 2 aliphatic carbocycles. The first kappa shape index (κ1) is 17.4. The first-order chi connectivity index (χ1) is 11.4. The number of alkyl halides is 3. The van der Waals surface area contributed by atoms with Gasteiger partial charge in [0.1, 0.15) is 0 Å². The Morgan fingerprint density at radius 3 is 2.38 bits per heavy atom. The van der Waals surface area contributed by atoms with E-state index in [-0.39, 0.29) is 11.5 Å².